The summed E-state index contributed by atoms with van der Waals surface area (Å²) < 4.78 is 0. The largest absolute Gasteiger partial charge is 0.375 e. The summed E-state index contributed by atoms with van der Waals surface area (Å²) in [6, 6.07) is 0. The van der Waals surface area contributed by atoms with Crippen molar-refractivity contribution >= 4 is 16.5 Å². The molecule has 0 saturated carbocycles. The Morgan fingerprint density at radius 2 is 2.00 bits per heavy atom. The van der Waals surface area contributed by atoms with Crippen LogP contribution in [-0.2, 0) is 12.8 Å². The van der Waals surface area contributed by atoms with Gasteiger partial charge in [0.05, 0.1) is 5.69 Å². The highest BCUT2D eigenvalue weighted by atomic mass is 32.1. The molecule has 0 amide bonds. The van der Waals surface area contributed by atoms with E-state index in [1.165, 1.54) is 29.8 Å². The SMILES string of the molecule is CCCN.Nc1nc2c(s1)CCCC2. The van der Waals surface area contributed by atoms with Gasteiger partial charge in [-0.05, 0) is 38.6 Å². The van der Waals surface area contributed by atoms with Crippen molar-refractivity contribution in [3.05, 3.63) is 10.6 Å². The number of aryl methyl sites for hydroxylation is 2. The van der Waals surface area contributed by atoms with Crippen LogP contribution in [0.25, 0.3) is 0 Å². The lowest BCUT2D eigenvalue weighted by Gasteiger charge is -2.06. The Hall–Kier alpha value is -0.610. The Labute approximate surface area is 89.5 Å². The Kier molecular flexibility index (Phi) is 4.90. The quantitative estimate of drug-likeness (QED) is 0.749. The summed E-state index contributed by atoms with van der Waals surface area (Å²) in [6.45, 7) is 2.88. The summed E-state index contributed by atoms with van der Waals surface area (Å²) in [5.74, 6) is 0. The molecule has 0 aromatic carbocycles. The lowest BCUT2D eigenvalue weighted by molar-refractivity contribution is 0.683. The van der Waals surface area contributed by atoms with Crippen LogP contribution in [0.15, 0.2) is 0 Å². The maximum absolute atomic E-state index is 5.57. The molecule has 2 rings (SSSR count). The topological polar surface area (TPSA) is 64.9 Å². The van der Waals surface area contributed by atoms with Gasteiger partial charge >= 0.3 is 0 Å². The minimum atomic E-state index is 0.743. The van der Waals surface area contributed by atoms with E-state index in [0.717, 1.165) is 24.5 Å². The van der Waals surface area contributed by atoms with Gasteiger partial charge in [0.2, 0.25) is 0 Å². The molecule has 0 saturated heterocycles. The summed E-state index contributed by atoms with van der Waals surface area (Å²) in [7, 11) is 0. The highest BCUT2D eigenvalue weighted by Crippen LogP contribution is 2.27. The summed E-state index contributed by atoms with van der Waals surface area (Å²) in [6.07, 6.45) is 6.04. The summed E-state index contributed by atoms with van der Waals surface area (Å²) in [4.78, 5) is 5.67. The molecule has 1 aliphatic carbocycles. The average molecular weight is 213 g/mol. The van der Waals surface area contributed by atoms with Crippen molar-refractivity contribution in [3.8, 4) is 0 Å². The predicted octanol–water partition coefficient (Wildman–Crippen LogP) is 1.96. The molecule has 0 radical (unpaired) electrons. The van der Waals surface area contributed by atoms with Gasteiger partial charge < -0.3 is 11.5 Å². The van der Waals surface area contributed by atoms with E-state index < -0.39 is 0 Å². The average Bonchev–Trinajstić information content (AvgIpc) is 2.58. The van der Waals surface area contributed by atoms with Crippen LogP contribution >= 0.6 is 11.3 Å². The van der Waals surface area contributed by atoms with Crippen molar-refractivity contribution in [1.29, 1.82) is 0 Å². The molecule has 0 atom stereocenters. The first-order valence-corrected chi connectivity index (χ1v) is 6.03. The number of aromatic nitrogens is 1. The lowest BCUT2D eigenvalue weighted by atomic mass is 10.0. The fourth-order valence-corrected chi connectivity index (χ4v) is 2.29. The van der Waals surface area contributed by atoms with Gasteiger partial charge in [-0.25, -0.2) is 4.98 Å². The second-order valence-corrected chi connectivity index (χ2v) is 4.53. The number of hydrogen-bond acceptors (Lipinski definition) is 4. The molecule has 0 aliphatic heterocycles. The van der Waals surface area contributed by atoms with Crippen LogP contribution in [0.4, 0.5) is 5.13 Å². The molecule has 1 aromatic heterocycles. The Bertz CT molecular complexity index is 245. The number of rotatable bonds is 1. The Morgan fingerprint density at radius 3 is 2.57 bits per heavy atom. The van der Waals surface area contributed by atoms with E-state index in [-0.39, 0.29) is 0 Å². The van der Waals surface area contributed by atoms with Crippen LogP contribution in [0.3, 0.4) is 0 Å². The number of fused-ring (bicyclic) bond motifs is 1. The van der Waals surface area contributed by atoms with Crippen LogP contribution in [0, 0.1) is 0 Å². The zero-order valence-electron chi connectivity index (χ0n) is 8.75. The Balaban J connectivity index is 0.000000213. The third-order valence-electron chi connectivity index (χ3n) is 2.15. The first-order valence-electron chi connectivity index (χ1n) is 5.22. The first-order chi connectivity index (χ1) is 6.77. The smallest absolute Gasteiger partial charge is 0.180 e. The molecule has 4 heteroatoms. The number of hydrogen-bond donors (Lipinski definition) is 2. The molecule has 3 nitrogen and oxygen atoms in total. The monoisotopic (exact) mass is 213 g/mol. The highest BCUT2D eigenvalue weighted by molar-refractivity contribution is 7.15. The zero-order chi connectivity index (χ0) is 10.4. The molecule has 80 valence electrons. The van der Waals surface area contributed by atoms with E-state index in [1.807, 2.05) is 0 Å². The molecule has 0 bridgehead atoms. The van der Waals surface area contributed by atoms with Crippen LogP contribution in [0.5, 0.6) is 0 Å². The lowest BCUT2D eigenvalue weighted by Crippen LogP contribution is -1.99. The highest BCUT2D eigenvalue weighted by Gasteiger charge is 2.12. The predicted molar refractivity (Wildman–Crippen MR) is 62.5 cm³/mol. The van der Waals surface area contributed by atoms with E-state index in [2.05, 4.69) is 11.9 Å². The van der Waals surface area contributed by atoms with E-state index in [1.54, 1.807) is 11.3 Å². The van der Waals surface area contributed by atoms with Crippen molar-refractivity contribution in [3.63, 3.8) is 0 Å². The van der Waals surface area contributed by atoms with Gasteiger partial charge in [0.15, 0.2) is 5.13 Å². The summed E-state index contributed by atoms with van der Waals surface area (Å²) in [5.41, 5.74) is 11.9. The fourth-order valence-electron chi connectivity index (χ4n) is 1.37. The molecule has 1 heterocycles. The number of nitrogen functional groups attached to an aromatic ring is 1. The number of nitrogens with zero attached hydrogens (tertiary/aromatic N) is 1. The van der Waals surface area contributed by atoms with Crippen LogP contribution in [-0.4, -0.2) is 11.5 Å². The van der Waals surface area contributed by atoms with Crippen molar-refractivity contribution in [2.75, 3.05) is 12.3 Å². The van der Waals surface area contributed by atoms with E-state index in [4.69, 9.17) is 11.5 Å². The molecular weight excluding hydrogens is 194 g/mol. The van der Waals surface area contributed by atoms with Gasteiger partial charge in [-0.1, -0.05) is 6.92 Å². The minimum Gasteiger partial charge on any atom is -0.375 e. The molecule has 1 aliphatic rings. The van der Waals surface area contributed by atoms with Gasteiger partial charge in [0.1, 0.15) is 0 Å². The van der Waals surface area contributed by atoms with Crippen LogP contribution in [0.2, 0.25) is 0 Å². The van der Waals surface area contributed by atoms with Gasteiger partial charge in [0.25, 0.3) is 0 Å². The van der Waals surface area contributed by atoms with E-state index >= 15 is 0 Å². The Morgan fingerprint density at radius 1 is 1.36 bits per heavy atom. The third-order valence-corrected chi connectivity index (χ3v) is 3.14. The molecular formula is C10H19N3S. The number of thiazole rings is 1. The standard InChI is InChI=1S/C7H10N2S.C3H9N/c8-7-9-5-3-1-2-4-6(5)10-7;1-2-3-4/h1-4H2,(H2,8,9);2-4H2,1H3. The van der Waals surface area contributed by atoms with E-state index in [0.29, 0.717) is 0 Å². The summed E-state index contributed by atoms with van der Waals surface area (Å²) in [5, 5.41) is 0.743. The maximum Gasteiger partial charge on any atom is 0.180 e. The van der Waals surface area contributed by atoms with Gasteiger partial charge in [-0.15, -0.1) is 11.3 Å². The molecule has 0 fully saturated rings. The normalized spacial score (nSPS) is 14.1. The zero-order valence-corrected chi connectivity index (χ0v) is 9.57. The van der Waals surface area contributed by atoms with Gasteiger partial charge in [-0.2, -0.15) is 0 Å². The van der Waals surface area contributed by atoms with E-state index in [9.17, 15) is 0 Å². The number of nitrogens with two attached hydrogens (primary N) is 2. The van der Waals surface area contributed by atoms with Gasteiger partial charge in [0, 0.05) is 4.88 Å². The fraction of sp³-hybridized carbons (Fsp3) is 0.700. The third kappa shape index (κ3) is 3.27. The van der Waals surface area contributed by atoms with Crippen LogP contribution in [0.1, 0.15) is 36.8 Å². The minimum absolute atomic E-state index is 0.743. The van der Waals surface area contributed by atoms with Crippen molar-refractivity contribution in [2.24, 2.45) is 5.73 Å². The van der Waals surface area contributed by atoms with Crippen molar-refractivity contribution in [1.82, 2.24) is 4.98 Å². The molecule has 0 spiro atoms. The first kappa shape index (κ1) is 11.5. The number of anilines is 1. The molecule has 1 aromatic rings. The van der Waals surface area contributed by atoms with Gasteiger partial charge in [-0.3, -0.25) is 0 Å². The van der Waals surface area contributed by atoms with Crippen molar-refractivity contribution < 1.29 is 0 Å². The molecule has 14 heavy (non-hydrogen) atoms. The second-order valence-electron chi connectivity index (χ2n) is 3.42. The second kappa shape index (κ2) is 5.98. The summed E-state index contributed by atoms with van der Waals surface area (Å²) >= 11 is 1.66. The molecule has 0 unspecified atom stereocenters. The maximum atomic E-state index is 5.57. The molecule has 4 N–H and O–H groups in total. The van der Waals surface area contributed by atoms with Crippen LogP contribution < -0.4 is 11.5 Å². The van der Waals surface area contributed by atoms with Crippen molar-refractivity contribution in [2.45, 2.75) is 39.0 Å².